The third-order valence-electron chi connectivity index (χ3n) is 5.85. The highest BCUT2D eigenvalue weighted by Gasteiger charge is 2.40. The van der Waals surface area contributed by atoms with Gasteiger partial charge in [-0.15, -0.1) is 0 Å². The van der Waals surface area contributed by atoms with Crippen LogP contribution in [0.15, 0.2) is 42.4 Å². The average Bonchev–Trinajstić information content (AvgIpc) is 3.23. The predicted octanol–water partition coefficient (Wildman–Crippen LogP) is 1.86. The minimum Gasteiger partial charge on any atom is -0.489 e. The fourth-order valence-corrected chi connectivity index (χ4v) is 4.12. The fraction of sp³-hybridized carbons (Fsp3) is 0.400. The molecule has 1 atom stereocenters. The summed E-state index contributed by atoms with van der Waals surface area (Å²) in [5.74, 6) is -1.36. The number of nitrogens with zero attached hydrogens (tertiary/aromatic N) is 2. The van der Waals surface area contributed by atoms with Gasteiger partial charge in [-0.3, -0.25) is 24.6 Å². The van der Waals surface area contributed by atoms with Crippen molar-refractivity contribution in [2.75, 3.05) is 26.3 Å². The van der Waals surface area contributed by atoms with Crippen molar-refractivity contribution >= 4 is 17.7 Å². The molecule has 2 fully saturated rings. The lowest BCUT2D eigenvalue weighted by Crippen LogP contribution is -2.52. The molecule has 8 heteroatoms. The van der Waals surface area contributed by atoms with Crippen molar-refractivity contribution in [3.8, 4) is 5.75 Å². The molecule has 172 valence electrons. The van der Waals surface area contributed by atoms with Crippen LogP contribution in [0.25, 0.3) is 0 Å². The molecule has 3 aliphatic rings. The minimum atomic E-state index is -2.60. The van der Waals surface area contributed by atoms with E-state index in [1.54, 1.807) is 6.07 Å². The van der Waals surface area contributed by atoms with Crippen molar-refractivity contribution in [2.24, 2.45) is 0 Å². The molecule has 0 radical (unpaired) electrons. The number of imide groups is 1. The first-order valence-electron chi connectivity index (χ1n) is 13.8. The van der Waals surface area contributed by atoms with Crippen LogP contribution in [0.4, 0.5) is 0 Å². The molecule has 5 rings (SSSR count). The van der Waals surface area contributed by atoms with Crippen LogP contribution < -0.4 is 10.1 Å². The molecule has 8 nitrogen and oxygen atoms in total. The normalized spacial score (nSPS) is 24.7. The zero-order chi connectivity index (χ0) is 28.1. The molecule has 3 amide bonds. The lowest BCUT2D eigenvalue weighted by Gasteiger charge is -2.29. The van der Waals surface area contributed by atoms with Crippen LogP contribution in [0.1, 0.15) is 48.1 Å². The monoisotopic (exact) mass is 455 g/mol. The van der Waals surface area contributed by atoms with E-state index in [4.69, 9.17) is 17.7 Å². The second-order valence-electron chi connectivity index (χ2n) is 8.01. The summed E-state index contributed by atoms with van der Waals surface area (Å²) >= 11 is 0. The Bertz CT molecular complexity index is 1350. The summed E-state index contributed by atoms with van der Waals surface area (Å²) in [5, 5.41) is 2.24. The maximum atomic E-state index is 13.1. The van der Waals surface area contributed by atoms with Crippen LogP contribution in [0.3, 0.4) is 0 Å². The maximum Gasteiger partial charge on any atom is 0.255 e. The van der Waals surface area contributed by atoms with E-state index in [1.807, 2.05) is 0 Å². The molecule has 0 bridgehead atoms. The number of piperidine rings is 1. The molecule has 0 saturated carbocycles. The molecule has 0 spiro atoms. The van der Waals surface area contributed by atoms with E-state index in [1.165, 1.54) is 34.1 Å². The predicted molar refractivity (Wildman–Crippen MR) is 119 cm³/mol. The van der Waals surface area contributed by atoms with Crippen molar-refractivity contribution in [2.45, 2.75) is 38.5 Å². The van der Waals surface area contributed by atoms with Gasteiger partial charge in [0.2, 0.25) is 11.8 Å². The molecular weight excluding hydrogens is 422 g/mol. The van der Waals surface area contributed by atoms with E-state index in [0.29, 0.717) is 31.9 Å². The molecule has 1 N–H and O–H groups in total. The standard InChI is InChI=1S/C25H27N3O5/c29-23-9-8-21(24(30)26-23)28-15-20-19(25(28)31)2-1-3-22(20)33-16-18-6-4-17(5-7-18)14-27-10-12-32-13-11-27/h1-7,21H,8-16H2,(H,26,29,30)/i4D,6D,14D2,16D2. The van der Waals surface area contributed by atoms with Crippen molar-refractivity contribution in [1.29, 1.82) is 0 Å². The largest absolute Gasteiger partial charge is 0.489 e. The Morgan fingerprint density at radius 3 is 2.73 bits per heavy atom. The van der Waals surface area contributed by atoms with Crippen molar-refractivity contribution in [3.05, 3.63) is 64.7 Å². The Kier molecular flexibility index (Phi) is 4.40. The molecule has 2 aromatic carbocycles. The van der Waals surface area contributed by atoms with E-state index >= 15 is 0 Å². The number of nitrogens with one attached hydrogen (secondary N) is 1. The molecule has 3 aliphatic heterocycles. The van der Waals surface area contributed by atoms with Crippen molar-refractivity contribution in [3.63, 3.8) is 0 Å². The highest BCUT2D eigenvalue weighted by Crippen LogP contribution is 2.34. The Morgan fingerprint density at radius 2 is 1.91 bits per heavy atom. The van der Waals surface area contributed by atoms with Gasteiger partial charge < -0.3 is 14.4 Å². The Hall–Kier alpha value is -3.23. The van der Waals surface area contributed by atoms with Gasteiger partial charge in [0.05, 0.1) is 25.2 Å². The zero-order valence-corrected chi connectivity index (χ0v) is 17.8. The van der Waals surface area contributed by atoms with Crippen LogP contribution in [0.5, 0.6) is 5.75 Å². The number of rotatable bonds is 6. The second-order valence-corrected chi connectivity index (χ2v) is 8.01. The number of amides is 3. The zero-order valence-electron chi connectivity index (χ0n) is 23.8. The Balaban J connectivity index is 1.41. The van der Waals surface area contributed by atoms with E-state index in [2.05, 4.69) is 5.32 Å². The van der Waals surface area contributed by atoms with Crippen LogP contribution in [0, 0.1) is 0 Å². The molecule has 33 heavy (non-hydrogen) atoms. The van der Waals surface area contributed by atoms with Gasteiger partial charge in [-0.05, 0) is 29.7 Å². The van der Waals surface area contributed by atoms with Gasteiger partial charge in [-0.2, -0.15) is 0 Å². The first-order chi connectivity index (χ1) is 18.4. The lowest BCUT2D eigenvalue weighted by molar-refractivity contribution is -0.136. The average molecular weight is 456 g/mol. The van der Waals surface area contributed by atoms with Crippen molar-refractivity contribution < 1.29 is 32.1 Å². The first-order valence-corrected chi connectivity index (χ1v) is 10.8. The molecule has 2 saturated heterocycles. The number of fused-ring (bicyclic) bond motifs is 1. The summed E-state index contributed by atoms with van der Waals surface area (Å²) in [4.78, 5) is 39.8. The first kappa shape index (κ1) is 15.6. The fourth-order valence-electron chi connectivity index (χ4n) is 4.12. The number of ether oxygens (including phenoxy) is 2. The number of morpholine rings is 1. The van der Waals surface area contributed by atoms with Gasteiger partial charge in [0.25, 0.3) is 5.91 Å². The van der Waals surface area contributed by atoms with Gasteiger partial charge in [0.15, 0.2) is 0 Å². The smallest absolute Gasteiger partial charge is 0.255 e. The number of hydrogen-bond donors (Lipinski definition) is 1. The van der Waals surface area contributed by atoms with Gasteiger partial charge in [0.1, 0.15) is 18.4 Å². The molecule has 0 aromatic heterocycles. The Morgan fingerprint density at radius 1 is 1.12 bits per heavy atom. The Labute approximate surface area is 200 Å². The summed E-state index contributed by atoms with van der Waals surface area (Å²) in [6, 6.07) is 5.30. The molecule has 2 aromatic rings. The molecular formula is C25H27N3O5. The van der Waals surface area contributed by atoms with Gasteiger partial charge in [-0.1, -0.05) is 30.3 Å². The quantitative estimate of drug-likeness (QED) is 0.669. The number of carbonyl (C=O) groups is 3. The van der Waals surface area contributed by atoms with Crippen LogP contribution in [-0.4, -0.2) is 59.9 Å². The number of hydrogen-bond acceptors (Lipinski definition) is 6. The van der Waals surface area contributed by atoms with Gasteiger partial charge in [0, 0.05) is 39.9 Å². The summed E-state index contributed by atoms with van der Waals surface area (Å²) in [7, 11) is 0. The minimum absolute atomic E-state index is 0.0250. The summed E-state index contributed by atoms with van der Waals surface area (Å²) in [6.45, 7) is -3.35. The summed E-state index contributed by atoms with van der Waals surface area (Å²) in [6.07, 6.45) is 0.282. The summed E-state index contributed by atoms with van der Waals surface area (Å²) in [5.41, 5.74) is 0.293. The highest BCUT2D eigenvalue weighted by atomic mass is 16.5. The topological polar surface area (TPSA) is 88.2 Å². The SMILES string of the molecule is [2H]c1c(C([2H])([2H])Oc2cccc3c2CN(C2CCC(=O)NC2=O)C3=O)ccc(C([2H])([2H])N2CCOCC2)c1[2H]. The van der Waals surface area contributed by atoms with E-state index in [9.17, 15) is 14.4 Å². The second kappa shape index (κ2) is 9.33. The molecule has 3 heterocycles. The summed E-state index contributed by atoms with van der Waals surface area (Å²) < 4.78 is 62.3. The maximum absolute atomic E-state index is 13.1. The number of carbonyl (C=O) groups excluding carboxylic acids is 3. The van der Waals surface area contributed by atoms with Crippen LogP contribution >= 0.6 is 0 Å². The highest BCUT2D eigenvalue weighted by molar-refractivity contribution is 6.05. The van der Waals surface area contributed by atoms with Crippen molar-refractivity contribution in [1.82, 2.24) is 15.1 Å². The van der Waals surface area contributed by atoms with E-state index < -0.39 is 48.9 Å². The van der Waals surface area contributed by atoms with Crippen LogP contribution in [0.2, 0.25) is 0 Å². The number of benzene rings is 2. The van der Waals surface area contributed by atoms with E-state index in [0.717, 1.165) is 0 Å². The van der Waals surface area contributed by atoms with Gasteiger partial charge in [-0.25, -0.2) is 0 Å². The third-order valence-corrected chi connectivity index (χ3v) is 5.85. The lowest BCUT2D eigenvalue weighted by atomic mass is 10.0. The van der Waals surface area contributed by atoms with E-state index in [-0.39, 0.29) is 41.8 Å². The molecule has 1 unspecified atom stereocenters. The van der Waals surface area contributed by atoms with Crippen LogP contribution in [-0.2, 0) is 33.9 Å². The molecule has 0 aliphatic carbocycles. The van der Waals surface area contributed by atoms with Gasteiger partial charge >= 0.3 is 0 Å². The third kappa shape index (κ3) is 4.62.